The number of ether oxygens (including phenoxy) is 2. The second-order valence-electron chi connectivity index (χ2n) is 14.3. The van der Waals surface area contributed by atoms with E-state index < -0.39 is 47.3 Å². The van der Waals surface area contributed by atoms with E-state index in [1.54, 1.807) is 36.4 Å². The lowest BCUT2D eigenvalue weighted by atomic mass is 10.1. The highest BCUT2D eigenvalue weighted by atomic mass is 35.5. The number of halogens is 5. The van der Waals surface area contributed by atoms with E-state index in [0.29, 0.717) is 39.6 Å². The van der Waals surface area contributed by atoms with Crippen molar-refractivity contribution in [2.24, 2.45) is 20.5 Å². The van der Waals surface area contributed by atoms with Crippen LogP contribution in [0.2, 0.25) is 10.0 Å². The molecule has 5 rings (SSSR count). The molecular formula is C46H41Cl5N8O8. The number of rotatable bonds is 20. The number of anilines is 4. The van der Waals surface area contributed by atoms with Crippen LogP contribution in [0.1, 0.15) is 51.3 Å². The lowest BCUT2D eigenvalue weighted by Crippen LogP contribution is -2.32. The van der Waals surface area contributed by atoms with E-state index in [0.717, 1.165) is 13.8 Å². The Morgan fingerprint density at radius 1 is 0.537 bits per heavy atom. The van der Waals surface area contributed by atoms with Crippen LogP contribution in [0.25, 0.3) is 0 Å². The number of carbonyl (C=O) groups excluding carboxylic acids is 6. The maximum absolute atomic E-state index is 13.5. The Bertz CT molecular complexity index is 2770. The second-order valence-corrected chi connectivity index (χ2v) is 16.0. The fourth-order valence-electron chi connectivity index (χ4n) is 6.07. The van der Waals surface area contributed by atoms with E-state index in [2.05, 4.69) is 41.7 Å². The van der Waals surface area contributed by atoms with Gasteiger partial charge in [-0.25, -0.2) is 0 Å². The Hall–Kier alpha value is -6.43. The van der Waals surface area contributed by atoms with Crippen molar-refractivity contribution in [1.29, 1.82) is 0 Å². The highest BCUT2D eigenvalue weighted by Crippen LogP contribution is 2.31. The van der Waals surface area contributed by atoms with E-state index in [1.807, 2.05) is 0 Å². The van der Waals surface area contributed by atoms with Crippen molar-refractivity contribution in [3.05, 3.63) is 129 Å². The molecule has 0 radical (unpaired) electrons. The van der Waals surface area contributed by atoms with Crippen molar-refractivity contribution in [2.45, 2.75) is 44.1 Å². The van der Waals surface area contributed by atoms with Gasteiger partial charge in [0.1, 0.15) is 22.9 Å². The van der Waals surface area contributed by atoms with E-state index in [4.69, 9.17) is 67.5 Å². The van der Waals surface area contributed by atoms with Crippen molar-refractivity contribution < 1.29 is 38.2 Å². The average molecular weight is 1010 g/mol. The molecule has 67 heavy (non-hydrogen) atoms. The largest absolute Gasteiger partial charge is 0.497 e. The number of hydrogen-bond acceptors (Lipinski definition) is 12. The average Bonchev–Trinajstić information content (AvgIpc) is 3.30. The molecule has 0 saturated carbocycles. The van der Waals surface area contributed by atoms with Crippen LogP contribution >= 0.6 is 58.0 Å². The number of Topliss-reactive ketones (excluding diaryl/α,β-unsaturated/α-hetero) is 2. The standard InChI is InChI=1S/C46H41Cl5N8O8/c1-24(60)41(58-56-39-18-27(7-12-34(39)50)43(62)54-37-20-32(66-3)10-5-29(37)22-48)45(64)52-31-9-14-36(26(17-31)15-16-47)53-46(65)42(25(2)61)59-57-40-19-28(8-13-35(40)51)44(63)55-38-21-33(67-4)11-6-30(38)23-49/h5-14,17-21,41-42H,15-16,22-23H2,1-4H3,(H,52,64)(H,53,65)(H,54,62)(H,55,63). The van der Waals surface area contributed by atoms with Gasteiger partial charge < -0.3 is 30.7 Å². The Morgan fingerprint density at radius 2 is 1.00 bits per heavy atom. The van der Waals surface area contributed by atoms with Gasteiger partial charge in [-0.1, -0.05) is 35.3 Å². The summed E-state index contributed by atoms with van der Waals surface area (Å²) in [5.41, 5.74) is 3.36. The minimum atomic E-state index is -1.64. The first kappa shape index (κ1) is 51.6. The van der Waals surface area contributed by atoms with Gasteiger partial charge in [0.15, 0.2) is 11.6 Å². The van der Waals surface area contributed by atoms with Crippen molar-refractivity contribution in [1.82, 2.24) is 0 Å². The number of azo groups is 2. The number of nitrogens with one attached hydrogen (secondary N) is 4. The maximum Gasteiger partial charge on any atom is 0.258 e. The monoisotopic (exact) mass is 1010 g/mol. The Balaban J connectivity index is 1.29. The van der Waals surface area contributed by atoms with Crippen molar-refractivity contribution in [3.8, 4) is 11.5 Å². The topological polar surface area (TPSA) is 218 Å². The summed E-state index contributed by atoms with van der Waals surface area (Å²) < 4.78 is 10.5. The highest BCUT2D eigenvalue weighted by molar-refractivity contribution is 6.33. The van der Waals surface area contributed by atoms with Crippen LogP contribution in [-0.4, -0.2) is 67.4 Å². The first-order valence-electron chi connectivity index (χ1n) is 19.9. The van der Waals surface area contributed by atoms with Gasteiger partial charge in [-0.05, 0) is 104 Å². The van der Waals surface area contributed by atoms with Crippen LogP contribution in [-0.2, 0) is 37.4 Å². The number of alkyl halides is 3. The number of amides is 4. The molecule has 16 nitrogen and oxygen atoms in total. The molecule has 4 N–H and O–H groups in total. The zero-order valence-corrected chi connectivity index (χ0v) is 39.9. The molecule has 0 saturated heterocycles. The molecule has 0 heterocycles. The van der Waals surface area contributed by atoms with Crippen LogP contribution in [0.4, 0.5) is 34.1 Å². The molecule has 0 aliphatic heterocycles. The van der Waals surface area contributed by atoms with Gasteiger partial charge in [-0.15, -0.1) is 34.8 Å². The second kappa shape index (κ2) is 24.4. The van der Waals surface area contributed by atoms with Gasteiger partial charge in [0, 0.05) is 63.6 Å². The highest BCUT2D eigenvalue weighted by Gasteiger charge is 2.26. The Labute approximate surface area is 409 Å². The number of methoxy groups -OCH3 is 2. The van der Waals surface area contributed by atoms with E-state index >= 15 is 0 Å². The molecule has 2 unspecified atom stereocenters. The lowest BCUT2D eigenvalue weighted by molar-refractivity contribution is -0.127. The molecule has 0 fully saturated rings. The van der Waals surface area contributed by atoms with Crippen LogP contribution in [0.3, 0.4) is 0 Å². The molecule has 4 amide bonds. The van der Waals surface area contributed by atoms with Crippen molar-refractivity contribution >= 4 is 127 Å². The quantitative estimate of drug-likeness (QED) is 0.0333. The number of nitrogens with zero attached hydrogens (tertiary/aromatic N) is 4. The normalized spacial score (nSPS) is 12.0. The fourth-order valence-corrected chi connectivity index (χ4v) is 7.05. The fraction of sp³-hybridized carbons (Fsp3) is 0.217. The Morgan fingerprint density at radius 3 is 1.42 bits per heavy atom. The zero-order valence-electron chi connectivity index (χ0n) is 36.1. The third kappa shape index (κ3) is 13.8. The molecule has 0 spiro atoms. The summed E-state index contributed by atoms with van der Waals surface area (Å²) in [4.78, 5) is 78.8. The van der Waals surface area contributed by atoms with E-state index in [1.165, 1.54) is 68.8 Å². The van der Waals surface area contributed by atoms with Gasteiger partial charge in [-0.2, -0.15) is 20.5 Å². The third-order valence-corrected chi connectivity index (χ3v) is 11.1. The summed E-state index contributed by atoms with van der Waals surface area (Å²) in [6, 6.07) is 19.7. The molecule has 0 bridgehead atoms. The molecule has 5 aromatic rings. The maximum atomic E-state index is 13.5. The third-order valence-electron chi connectivity index (χ3n) is 9.66. The first-order valence-corrected chi connectivity index (χ1v) is 22.3. The van der Waals surface area contributed by atoms with Gasteiger partial charge in [0.25, 0.3) is 23.6 Å². The predicted octanol–water partition coefficient (Wildman–Crippen LogP) is 11.1. The minimum Gasteiger partial charge on any atom is -0.497 e. The van der Waals surface area contributed by atoms with Gasteiger partial charge in [-0.3, -0.25) is 28.8 Å². The number of ketones is 2. The summed E-state index contributed by atoms with van der Waals surface area (Å²) in [7, 11) is 2.98. The van der Waals surface area contributed by atoms with E-state index in [-0.39, 0.29) is 68.0 Å². The van der Waals surface area contributed by atoms with Crippen molar-refractivity contribution in [3.63, 3.8) is 0 Å². The van der Waals surface area contributed by atoms with Crippen LogP contribution in [0, 0.1) is 0 Å². The molecule has 0 aliphatic carbocycles. The van der Waals surface area contributed by atoms with E-state index in [9.17, 15) is 28.8 Å². The summed E-state index contributed by atoms with van der Waals surface area (Å²) in [5.74, 6) is -2.70. The SMILES string of the molecule is COc1ccc(CCl)c(NC(=O)c2ccc(Cl)c(N=NC(C(C)=O)C(=O)Nc3ccc(NC(=O)C(N=Nc4cc(C(=O)Nc5cc(OC)ccc5CCl)ccc4Cl)C(C)=O)c(CCCl)c3)c2)c1. The van der Waals surface area contributed by atoms with Crippen molar-refractivity contribution in [2.75, 3.05) is 41.4 Å². The molecular weight excluding hydrogens is 970 g/mol. The molecule has 348 valence electrons. The number of carbonyl (C=O) groups is 6. The predicted molar refractivity (Wildman–Crippen MR) is 260 cm³/mol. The van der Waals surface area contributed by atoms with Crippen LogP contribution in [0.5, 0.6) is 11.5 Å². The zero-order chi connectivity index (χ0) is 48.8. The number of benzene rings is 5. The Kier molecular flexibility index (Phi) is 18.8. The number of aryl methyl sites for hydroxylation is 1. The van der Waals surface area contributed by atoms with Gasteiger partial charge >= 0.3 is 0 Å². The molecule has 2 atom stereocenters. The molecule has 5 aromatic carbocycles. The molecule has 0 aromatic heterocycles. The van der Waals surface area contributed by atoms with Crippen LogP contribution < -0.4 is 30.7 Å². The summed E-state index contributed by atoms with van der Waals surface area (Å²) in [5, 5.41) is 27.1. The lowest BCUT2D eigenvalue weighted by Gasteiger charge is -2.15. The first-order chi connectivity index (χ1) is 32.1. The van der Waals surface area contributed by atoms with Gasteiger partial charge in [0.05, 0.1) is 24.3 Å². The smallest absolute Gasteiger partial charge is 0.258 e. The number of hydrogen-bond donors (Lipinski definition) is 4. The summed E-state index contributed by atoms with van der Waals surface area (Å²) >= 11 is 30.9. The van der Waals surface area contributed by atoms with Gasteiger partial charge in [0.2, 0.25) is 12.1 Å². The minimum absolute atomic E-state index is 0.00826. The molecule has 21 heteroatoms. The summed E-state index contributed by atoms with van der Waals surface area (Å²) in [6.45, 7) is 2.31. The molecule has 0 aliphatic rings. The van der Waals surface area contributed by atoms with Crippen LogP contribution in [0.15, 0.2) is 111 Å². The summed E-state index contributed by atoms with van der Waals surface area (Å²) in [6.07, 6.45) is 0.197.